The van der Waals surface area contributed by atoms with Gasteiger partial charge in [-0.3, -0.25) is 0 Å². The molecule has 15 heavy (non-hydrogen) atoms. The molecule has 0 amide bonds. The standard InChI is InChI=1S/C12H17BrN2/c1-8-5-9(8)7-15(2)12-4-3-10(14)6-11(12)13/h3-4,6,8-9H,5,7,14H2,1-2H3. The van der Waals surface area contributed by atoms with Crippen molar-refractivity contribution in [1.82, 2.24) is 0 Å². The summed E-state index contributed by atoms with van der Waals surface area (Å²) in [7, 11) is 2.14. The Morgan fingerprint density at radius 3 is 2.73 bits per heavy atom. The summed E-state index contributed by atoms with van der Waals surface area (Å²) >= 11 is 3.55. The molecular weight excluding hydrogens is 252 g/mol. The van der Waals surface area contributed by atoms with Crippen LogP contribution in [0.5, 0.6) is 0 Å². The highest BCUT2D eigenvalue weighted by Crippen LogP contribution is 2.39. The molecule has 2 rings (SSSR count). The van der Waals surface area contributed by atoms with Crippen LogP contribution in [0.2, 0.25) is 0 Å². The van der Waals surface area contributed by atoms with Gasteiger partial charge in [-0.25, -0.2) is 0 Å². The molecule has 0 saturated heterocycles. The van der Waals surface area contributed by atoms with Crippen LogP contribution in [0.25, 0.3) is 0 Å². The third-order valence-electron chi connectivity index (χ3n) is 3.17. The summed E-state index contributed by atoms with van der Waals surface area (Å²) in [5.41, 5.74) is 7.74. The Bertz CT molecular complexity index is 365. The third-order valence-corrected chi connectivity index (χ3v) is 3.80. The molecule has 0 bridgehead atoms. The lowest BCUT2D eigenvalue weighted by atomic mass is 10.2. The largest absolute Gasteiger partial charge is 0.399 e. The van der Waals surface area contributed by atoms with Crippen molar-refractivity contribution in [2.45, 2.75) is 13.3 Å². The SMILES string of the molecule is CC1CC1CN(C)c1ccc(N)cc1Br. The monoisotopic (exact) mass is 268 g/mol. The van der Waals surface area contributed by atoms with Crippen LogP contribution in [0.1, 0.15) is 13.3 Å². The Morgan fingerprint density at radius 1 is 1.53 bits per heavy atom. The van der Waals surface area contributed by atoms with Crippen LogP contribution in [-0.2, 0) is 0 Å². The predicted octanol–water partition coefficient (Wildman–Crippen LogP) is 3.12. The topological polar surface area (TPSA) is 29.3 Å². The number of halogens is 1. The molecule has 1 aromatic rings. The van der Waals surface area contributed by atoms with Gasteiger partial charge >= 0.3 is 0 Å². The second-order valence-electron chi connectivity index (χ2n) is 4.56. The zero-order chi connectivity index (χ0) is 11.0. The summed E-state index contributed by atoms with van der Waals surface area (Å²) in [5.74, 6) is 1.78. The van der Waals surface area contributed by atoms with Crippen molar-refractivity contribution in [2.24, 2.45) is 11.8 Å². The van der Waals surface area contributed by atoms with E-state index < -0.39 is 0 Å². The number of nitrogens with two attached hydrogens (primary N) is 1. The highest BCUT2D eigenvalue weighted by Gasteiger charge is 2.33. The van der Waals surface area contributed by atoms with Crippen molar-refractivity contribution in [3.8, 4) is 0 Å². The molecule has 1 fully saturated rings. The third kappa shape index (κ3) is 2.46. The molecule has 1 aliphatic rings. The summed E-state index contributed by atoms with van der Waals surface area (Å²) in [5, 5.41) is 0. The van der Waals surface area contributed by atoms with Gasteiger partial charge in [-0.1, -0.05) is 6.92 Å². The van der Waals surface area contributed by atoms with E-state index in [0.29, 0.717) is 0 Å². The maximum Gasteiger partial charge on any atom is 0.0509 e. The number of anilines is 2. The van der Waals surface area contributed by atoms with Crippen LogP contribution < -0.4 is 10.6 Å². The van der Waals surface area contributed by atoms with E-state index in [4.69, 9.17) is 5.73 Å². The van der Waals surface area contributed by atoms with Crippen molar-refractivity contribution < 1.29 is 0 Å². The molecule has 3 heteroatoms. The van der Waals surface area contributed by atoms with Crippen molar-refractivity contribution in [2.75, 3.05) is 24.2 Å². The molecule has 0 radical (unpaired) electrons. The van der Waals surface area contributed by atoms with E-state index in [9.17, 15) is 0 Å². The average molecular weight is 269 g/mol. The van der Waals surface area contributed by atoms with Gasteiger partial charge in [-0.15, -0.1) is 0 Å². The molecule has 2 nitrogen and oxygen atoms in total. The Hall–Kier alpha value is -0.700. The zero-order valence-corrected chi connectivity index (χ0v) is 10.8. The Labute approximate surface area is 99.6 Å². The van der Waals surface area contributed by atoms with Crippen molar-refractivity contribution in [3.05, 3.63) is 22.7 Å². The second kappa shape index (κ2) is 4.05. The highest BCUT2D eigenvalue weighted by atomic mass is 79.9. The minimum Gasteiger partial charge on any atom is -0.399 e. The number of rotatable bonds is 3. The maximum atomic E-state index is 5.71. The van der Waals surface area contributed by atoms with Gasteiger partial charge < -0.3 is 10.6 Å². The van der Waals surface area contributed by atoms with Gasteiger partial charge in [-0.2, -0.15) is 0 Å². The normalized spacial score (nSPS) is 23.9. The molecule has 2 atom stereocenters. The van der Waals surface area contributed by atoms with Crippen molar-refractivity contribution >= 4 is 27.3 Å². The van der Waals surface area contributed by atoms with Crippen molar-refractivity contribution in [1.29, 1.82) is 0 Å². The summed E-state index contributed by atoms with van der Waals surface area (Å²) in [6, 6.07) is 5.99. The first-order valence-corrected chi connectivity index (χ1v) is 6.13. The molecule has 0 heterocycles. The van der Waals surface area contributed by atoms with E-state index >= 15 is 0 Å². The number of nitrogens with zero attached hydrogens (tertiary/aromatic N) is 1. The summed E-state index contributed by atoms with van der Waals surface area (Å²) in [6.07, 6.45) is 1.37. The highest BCUT2D eigenvalue weighted by molar-refractivity contribution is 9.10. The van der Waals surface area contributed by atoms with E-state index in [-0.39, 0.29) is 0 Å². The average Bonchev–Trinajstić information content (AvgIpc) is 2.81. The summed E-state index contributed by atoms with van der Waals surface area (Å²) in [6.45, 7) is 3.46. The molecule has 82 valence electrons. The van der Waals surface area contributed by atoms with Crippen LogP contribution >= 0.6 is 15.9 Å². The summed E-state index contributed by atoms with van der Waals surface area (Å²) < 4.78 is 1.08. The van der Waals surface area contributed by atoms with Gasteiger partial charge in [0.2, 0.25) is 0 Å². The van der Waals surface area contributed by atoms with Crippen LogP contribution in [0.3, 0.4) is 0 Å². The number of benzene rings is 1. The van der Waals surface area contributed by atoms with Crippen molar-refractivity contribution in [3.63, 3.8) is 0 Å². The van der Waals surface area contributed by atoms with E-state index in [1.165, 1.54) is 12.1 Å². The number of hydrogen-bond acceptors (Lipinski definition) is 2. The lowest BCUT2D eigenvalue weighted by Crippen LogP contribution is -2.20. The van der Waals surface area contributed by atoms with Crippen LogP contribution in [-0.4, -0.2) is 13.6 Å². The van der Waals surface area contributed by atoms with E-state index in [0.717, 1.165) is 28.5 Å². The molecule has 0 aliphatic heterocycles. The molecule has 1 aliphatic carbocycles. The van der Waals surface area contributed by atoms with Gasteiger partial charge in [0.25, 0.3) is 0 Å². The Kier molecular flexibility index (Phi) is 2.91. The van der Waals surface area contributed by atoms with Gasteiger partial charge in [0.05, 0.1) is 5.69 Å². The molecule has 0 aromatic heterocycles. The van der Waals surface area contributed by atoms with Crippen LogP contribution in [0.4, 0.5) is 11.4 Å². The smallest absolute Gasteiger partial charge is 0.0509 e. The molecular formula is C12H17BrN2. The summed E-state index contributed by atoms with van der Waals surface area (Å²) in [4.78, 5) is 2.30. The molecule has 2 unspecified atom stereocenters. The van der Waals surface area contributed by atoms with Gasteiger partial charge in [0, 0.05) is 23.8 Å². The lowest BCUT2D eigenvalue weighted by molar-refractivity contribution is 0.725. The fraction of sp³-hybridized carbons (Fsp3) is 0.500. The predicted molar refractivity (Wildman–Crippen MR) is 69.1 cm³/mol. The zero-order valence-electron chi connectivity index (χ0n) is 9.20. The molecule has 1 saturated carbocycles. The van der Waals surface area contributed by atoms with E-state index in [1.54, 1.807) is 0 Å². The fourth-order valence-electron chi connectivity index (χ4n) is 1.94. The van der Waals surface area contributed by atoms with Crippen LogP contribution in [0, 0.1) is 11.8 Å². The van der Waals surface area contributed by atoms with Gasteiger partial charge in [0.15, 0.2) is 0 Å². The quantitative estimate of drug-likeness (QED) is 0.854. The van der Waals surface area contributed by atoms with Crippen LogP contribution in [0.15, 0.2) is 22.7 Å². The molecule has 1 aromatic carbocycles. The first kappa shape index (κ1) is 10.8. The minimum absolute atomic E-state index is 0.804. The molecule has 0 spiro atoms. The molecule has 2 N–H and O–H groups in total. The Balaban J connectivity index is 2.07. The maximum absolute atomic E-state index is 5.71. The number of nitrogen functional groups attached to an aromatic ring is 1. The Morgan fingerprint density at radius 2 is 2.20 bits per heavy atom. The minimum atomic E-state index is 0.804. The number of hydrogen-bond donors (Lipinski definition) is 1. The first-order valence-electron chi connectivity index (χ1n) is 5.34. The first-order chi connectivity index (χ1) is 7.08. The lowest BCUT2D eigenvalue weighted by Gasteiger charge is -2.21. The second-order valence-corrected chi connectivity index (χ2v) is 5.42. The van der Waals surface area contributed by atoms with E-state index in [2.05, 4.69) is 40.9 Å². The van der Waals surface area contributed by atoms with Gasteiger partial charge in [0.1, 0.15) is 0 Å². The van der Waals surface area contributed by atoms with E-state index in [1.807, 2.05) is 12.1 Å². The fourth-order valence-corrected chi connectivity index (χ4v) is 2.64. The van der Waals surface area contributed by atoms with Gasteiger partial charge in [-0.05, 0) is 52.4 Å².